The van der Waals surface area contributed by atoms with Crippen LogP contribution in [-0.2, 0) is 6.54 Å². The quantitative estimate of drug-likeness (QED) is 0.366. The molecule has 0 bridgehead atoms. The van der Waals surface area contributed by atoms with Gasteiger partial charge < -0.3 is 15.1 Å². The molecule has 132 valence electrons. The molecule has 2 N–H and O–H groups in total. The normalized spacial score (nSPS) is 11.7. The summed E-state index contributed by atoms with van der Waals surface area (Å²) in [7, 11) is 0. The fourth-order valence-electron chi connectivity index (χ4n) is 2.38. The Morgan fingerprint density at radius 1 is 1.00 bits per heavy atom. The predicted octanol–water partition coefficient (Wildman–Crippen LogP) is 4.10. The van der Waals surface area contributed by atoms with Crippen molar-refractivity contribution in [3.8, 4) is 0 Å². The average Bonchev–Trinajstić information content (AvgIpc) is 2.86. The van der Waals surface area contributed by atoms with Crippen LogP contribution in [-0.4, -0.2) is 24.0 Å². The average molecular weight is 322 g/mol. The zero-order valence-electron chi connectivity index (χ0n) is 15.4. The summed E-state index contributed by atoms with van der Waals surface area (Å²) in [5.74, 6) is 2.39. The molecule has 1 heterocycles. The smallest absolute Gasteiger partial charge is 0.216 e. The molecule has 1 aromatic heterocycles. The van der Waals surface area contributed by atoms with Crippen LogP contribution in [0.5, 0.6) is 0 Å². The minimum absolute atomic E-state index is 0.473. The number of aromatic nitrogens is 1. The number of nitrogens with one attached hydrogen (secondary N) is 2. The minimum atomic E-state index is 0.473. The summed E-state index contributed by atoms with van der Waals surface area (Å²) in [5, 5.41) is 6.65. The maximum absolute atomic E-state index is 5.56. The number of aryl methyl sites for hydroxylation is 2. The first-order valence-corrected chi connectivity index (χ1v) is 9.12. The molecule has 0 spiro atoms. The molecule has 0 aliphatic heterocycles. The molecule has 0 radical (unpaired) electrons. The molecular weight excluding hydrogens is 288 g/mol. The zero-order chi connectivity index (χ0) is 16.9. The van der Waals surface area contributed by atoms with Crippen LogP contribution in [0.3, 0.4) is 0 Å². The fraction of sp³-hybridized carbons (Fsp3) is 0.778. The standard InChI is InChI=1S/C18H34N4O/c1-5-7-8-9-10-11-12-13-20-18(19-6-2)21-14-17-22-15(3)16(4)23-17/h5-14H2,1-4H3,(H2,19,20,21). The van der Waals surface area contributed by atoms with E-state index < -0.39 is 0 Å². The van der Waals surface area contributed by atoms with Crippen molar-refractivity contribution < 1.29 is 4.42 Å². The summed E-state index contributed by atoms with van der Waals surface area (Å²) >= 11 is 0. The third-order valence-corrected chi connectivity index (χ3v) is 3.86. The van der Waals surface area contributed by atoms with Crippen LogP contribution in [0.15, 0.2) is 9.41 Å². The maximum atomic E-state index is 5.56. The molecule has 0 saturated carbocycles. The van der Waals surface area contributed by atoms with Crippen LogP contribution < -0.4 is 10.6 Å². The molecule has 0 aliphatic rings. The Morgan fingerprint density at radius 3 is 2.30 bits per heavy atom. The molecular formula is C18H34N4O. The van der Waals surface area contributed by atoms with Crippen LogP contribution >= 0.6 is 0 Å². The lowest BCUT2D eigenvalue weighted by atomic mass is 10.1. The molecule has 5 heteroatoms. The first kappa shape index (κ1) is 19.5. The van der Waals surface area contributed by atoms with Crippen molar-refractivity contribution in [3.05, 3.63) is 17.3 Å². The zero-order valence-corrected chi connectivity index (χ0v) is 15.4. The second-order valence-corrected chi connectivity index (χ2v) is 5.99. The van der Waals surface area contributed by atoms with Crippen molar-refractivity contribution in [2.45, 2.75) is 79.2 Å². The lowest BCUT2D eigenvalue weighted by Gasteiger charge is -2.10. The highest BCUT2D eigenvalue weighted by Gasteiger charge is 2.05. The number of oxazole rings is 1. The Morgan fingerprint density at radius 2 is 1.70 bits per heavy atom. The molecule has 0 aromatic carbocycles. The summed E-state index contributed by atoms with van der Waals surface area (Å²) in [5.41, 5.74) is 0.941. The van der Waals surface area contributed by atoms with Gasteiger partial charge in [-0.1, -0.05) is 45.4 Å². The SMILES string of the molecule is CCCCCCCCCNC(=NCc1nc(C)c(C)o1)NCC. The van der Waals surface area contributed by atoms with E-state index in [1.807, 2.05) is 13.8 Å². The molecule has 0 saturated heterocycles. The topological polar surface area (TPSA) is 62.5 Å². The van der Waals surface area contributed by atoms with E-state index in [-0.39, 0.29) is 0 Å². The van der Waals surface area contributed by atoms with E-state index in [0.717, 1.165) is 30.5 Å². The molecule has 0 fully saturated rings. The summed E-state index contributed by atoms with van der Waals surface area (Å²) in [6.45, 7) is 10.5. The van der Waals surface area contributed by atoms with E-state index in [1.54, 1.807) is 0 Å². The Balaban J connectivity index is 2.24. The predicted molar refractivity (Wildman–Crippen MR) is 96.8 cm³/mol. The number of nitrogens with zero attached hydrogens (tertiary/aromatic N) is 2. The van der Waals surface area contributed by atoms with Crippen molar-refractivity contribution in [2.24, 2.45) is 4.99 Å². The maximum Gasteiger partial charge on any atom is 0.216 e. The van der Waals surface area contributed by atoms with E-state index in [1.165, 1.54) is 44.9 Å². The van der Waals surface area contributed by atoms with Crippen molar-refractivity contribution in [2.75, 3.05) is 13.1 Å². The highest BCUT2D eigenvalue weighted by Crippen LogP contribution is 2.09. The Bertz CT molecular complexity index is 434. The van der Waals surface area contributed by atoms with Gasteiger partial charge in [0.05, 0.1) is 5.69 Å². The van der Waals surface area contributed by atoms with Crippen molar-refractivity contribution in [1.29, 1.82) is 0 Å². The van der Waals surface area contributed by atoms with E-state index in [0.29, 0.717) is 12.4 Å². The molecule has 0 aliphatic carbocycles. The van der Waals surface area contributed by atoms with E-state index in [9.17, 15) is 0 Å². The van der Waals surface area contributed by atoms with Gasteiger partial charge in [0, 0.05) is 13.1 Å². The Kier molecular flexibility index (Phi) is 10.2. The second-order valence-electron chi connectivity index (χ2n) is 5.99. The monoisotopic (exact) mass is 322 g/mol. The number of aliphatic imine (C=N–C) groups is 1. The lowest BCUT2D eigenvalue weighted by molar-refractivity contribution is 0.472. The van der Waals surface area contributed by atoms with Gasteiger partial charge in [-0.05, 0) is 27.2 Å². The number of hydrogen-bond acceptors (Lipinski definition) is 3. The van der Waals surface area contributed by atoms with Crippen molar-refractivity contribution >= 4 is 5.96 Å². The fourth-order valence-corrected chi connectivity index (χ4v) is 2.38. The van der Waals surface area contributed by atoms with Crippen LogP contribution in [0.1, 0.15) is 76.1 Å². The van der Waals surface area contributed by atoms with Gasteiger partial charge in [0.1, 0.15) is 12.3 Å². The van der Waals surface area contributed by atoms with Gasteiger partial charge in [-0.3, -0.25) is 0 Å². The molecule has 5 nitrogen and oxygen atoms in total. The van der Waals surface area contributed by atoms with E-state index in [2.05, 4.69) is 34.5 Å². The molecule has 0 amide bonds. The third kappa shape index (κ3) is 8.62. The highest BCUT2D eigenvalue weighted by atomic mass is 16.4. The van der Waals surface area contributed by atoms with Gasteiger partial charge in [0.2, 0.25) is 5.89 Å². The summed E-state index contributed by atoms with van der Waals surface area (Å²) in [6.07, 6.45) is 9.24. The number of hydrogen-bond donors (Lipinski definition) is 2. The second kappa shape index (κ2) is 12.0. The first-order chi connectivity index (χ1) is 11.2. The Labute approximate surface area is 141 Å². The van der Waals surface area contributed by atoms with Gasteiger partial charge in [0.25, 0.3) is 0 Å². The van der Waals surface area contributed by atoms with Crippen LogP contribution in [0.25, 0.3) is 0 Å². The summed E-state index contributed by atoms with van der Waals surface area (Å²) in [6, 6.07) is 0. The van der Waals surface area contributed by atoms with Gasteiger partial charge >= 0.3 is 0 Å². The van der Waals surface area contributed by atoms with Gasteiger partial charge in [-0.15, -0.1) is 0 Å². The van der Waals surface area contributed by atoms with Crippen LogP contribution in [0.2, 0.25) is 0 Å². The number of rotatable bonds is 11. The molecule has 0 unspecified atom stereocenters. The van der Waals surface area contributed by atoms with Gasteiger partial charge in [-0.2, -0.15) is 0 Å². The highest BCUT2D eigenvalue weighted by molar-refractivity contribution is 5.79. The molecule has 23 heavy (non-hydrogen) atoms. The number of unbranched alkanes of at least 4 members (excludes halogenated alkanes) is 6. The van der Waals surface area contributed by atoms with Crippen LogP contribution in [0, 0.1) is 13.8 Å². The molecule has 1 aromatic rings. The van der Waals surface area contributed by atoms with E-state index >= 15 is 0 Å². The molecule has 0 atom stereocenters. The van der Waals surface area contributed by atoms with Gasteiger partial charge in [-0.25, -0.2) is 9.98 Å². The lowest BCUT2D eigenvalue weighted by Crippen LogP contribution is -2.37. The first-order valence-electron chi connectivity index (χ1n) is 9.12. The third-order valence-electron chi connectivity index (χ3n) is 3.86. The minimum Gasteiger partial charge on any atom is -0.444 e. The molecule has 1 rings (SSSR count). The van der Waals surface area contributed by atoms with E-state index in [4.69, 9.17) is 4.42 Å². The number of guanidine groups is 1. The Hall–Kier alpha value is -1.52. The van der Waals surface area contributed by atoms with Crippen molar-refractivity contribution in [3.63, 3.8) is 0 Å². The largest absolute Gasteiger partial charge is 0.444 e. The van der Waals surface area contributed by atoms with Crippen molar-refractivity contribution in [1.82, 2.24) is 15.6 Å². The van der Waals surface area contributed by atoms with Crippen LogP contribution in [0.4, 0.5) is 0 Å². The summed E-state index contributed by atoms with van der Waals surface area (Å²) < 4.78 is 5.56. The van der Waals surface area contributed by atoms with Gasteiger partial charge in [0.15, 0.2) is 5.96 Å². The summed E-state index contributed by atoms with van der Waals surface area (Å²) in [4.78, 5) is 8.89.